The van der Waals surface area contributed by atoms with Gasteiger partial charge in [-0.1, -0.05) is 6.92 Å². The lowest BCUT2D eigenvalue weighted by atomic mass is 10.3. The third-order valence-electron chi connectivity index (χ3n) is 1.06. The molecule has 0 aliphatic rings. The molecule has 0 atom stereocenters. The summed E-state index contributed by atoms with van der Waals surface area (Å²) in [7, 11) is 0. The van der Waals surface area contributed by atoms with Gasteiger partial charge in [-0.2, -0.15) is 13.2 Å². The third kappa shape index (κ3) is 5.16. The van der Waals surface area contributed by atoms with Crippen LogP contribution in [0.1, 0.15) is 20.3 Å². The van der Waals surface area contributed by atoms with Crippen molar-refractivity contribution in [2.75, 3.05) is 0 Å². The van der Waals surface area contributed by atoms with Gasteiger partial charge in [-0.15, -0.1) is 0 Å². The van der Waals surface area contributed by atoms with E-state index in [9.17, 15) is 13.2 Å². The van der Waals surface area contributed by atoms with Gasteiger partial charge in [-0.05, 0) is 19.4 Å². The number of halogens is 3. The molecule has 0 fully saturated rings. The molecule has 0 saturated carbocycles. The van der Waals surface area contributed by atoms with Crippen molar-refractivity contribution in [2.24, 2.45) is 4.99 Å². The molecule has 0 aliphatic carbocycles. The lowest BCUT2D eigenvalue weighted by Gasteiger charge is -2.05. The van der Waals surface area contributed by atoms with Gasteiger partial charge >= 0.3 is 6.18 Å². The van der Waals surface area contributed by atoms with E-state index < -0.39 is 11.9 Å². The van der Waals surface area contributed by atoms with Crippen molar-refractivity contribution in [2.45, 2.75) is 26.4 Å². The molecule has 0 aromatic rings. The van der Waals surface area contributed by atoms with Crippen molar-refractivity contribution in [1.82, 2.24) is 0 Å². The number of rotatable bonds is 3. The first-order valence-electron chi connectivity index (χ1n) is 3.74. The molecule has 0 rings (SSSR count). The Hall–Kier alpha value is -1.13. The van der Waals surface area contributed by atoms with Crippen molar-refractivity contribution < 1.29 is 13.2 Å². The summed E-state index contributed by atoms with van der Waals surface area (Å²) in [5.74, 6) is 0. The van der Waals surface area contributed by atoms with Gasteiger partial charge in [0.15, 0.2) is 0 Å². The van der Waals surface area contributed by atoms with E-state index in [0.717, 1.165) is 0 Å². The minimum atomic E-state index is -4.48. The summed E-state index contributed by atoms with van der Waals surface area (Å²) >= 11 is 0. The molecule has 1 N–H and O–H groups in total. The molecule has 0 unspecified atom stereocenters. The molecular formula is C8H11F3N2. The lowest BCUT2D eigenvalue weighted by molar-refractivity contribution is -0.0921. The third-order valence-corrected chi connectivity index (χ3v) is 1.06. The summed E-state index contributed by atoms with van der Waals surface area (Å²) in [6, 6.07) is 0. The minimum absolute atomic E-state index is 0.166. The van der Waals surface area contributed by atoms with Gasteiger partial charge in [0.1, 0.15) is 5.70 Å². The van der Waals surface area contributed by atoms with E-state index in [1.807, 2.05) is 0 Å². The fourth-order valence-electron chi connectivity index (χ4n) is 0.587. The van der Waals surface area contributed by atoms with E-state index in [-0.39, 0.29) is 5.71 Å². The molecule has 0 saturated heterocycles. The Labute approximate surface area is 74.7 Å². The van der Waals surface area contributed by atoms with Gasteiger partial charge in [-0.25, -0.2) is 0 Å². The smallest absolute Gasteiger partial charge is 0.306 e. The fraction of sp³-hybridized carbons (Fsp3) is 0.500. The Morgan fingerprint density at radius 2 is 2.00 bits per heavy atom. The van der Waals surface area contributed by atoms with Crippen molar-refractivity contribution >= 4 is 11.9 Å². The summed E-state index contributed by atoms with van der Waals surface area (Å²) in [5.41, 5.74) is -1.19. The van der Waals surface area contributed by atoms with Crippen LogP contribution in [0.5, 0.6) is 0 Å². The molecular weight excluding hydrogens is 181 g/mol. The predicted molar refractivity (Wildman–Crippen MR) is 46.3 cm³/mol. The highest BCUT2D eigenvalue weighted by Gasteiger charge is 2.33. The Balaban J connectivity index is 4.77. The van der Waals surface area contributed by atoms with Crippen LogP contribution in [0, 0.1) is 5.41 Å². The van der Waals surface area contributed by atoms with Crippen LogP contribution in [0.25, 0.3) is 0 Å². The standard InChI is InChI=1S/C8H11F3N2/c1-3-4-13-7(5-6(2)12)8(9,10)11/h4-5,12H,3H2,1-2H3/b7-5-,12-6?,13-4?. The average Bonchev–Trinajstić information content (AvgIpc) is 1.95. The normalized spacial score (nSPS) is 13.8. The van der Waals surface area contributed by atoms with Gasteiger partial charge in [0.25, 0.3) is 0 Å². The molecule has 0 aliphatic heterocycles. The molecule has 74 valence electrons. The van der Waals surface area contributed by atoms with E-state index in [1.54, 1.807) is 6.92 Å². The monoisotopic (exact) mass is 192 g/mol. The maximum Gasteiger partial charge on any atom is 0.433 e. The Kier molecular flexibility index (Phi) is 4.37. The highest BCUT2D eigenvalue weighted by Crippen LogP contribution is 2.26. The lowest BCUT2D eigenvalue weighted by Crippen LogP contribution is -2.11. The highest BCUT2D eigenvalue weighted by molar-refractivity contribution is 5.90. The second-order valence-corrected chi connectivity index (χ2v) is 2.43. The average molecular weight is 192 g/mol. The minimum Gasteiger partial charge on any atom is -0.306 e. The molecule has 0 aromatic carbocycles. The summed E-state index contributed by atoms with van der Waals surface area (Å²) in [5, 5.41) is 6.89. The van der Waals surface area contributed by atoms with Crippen LogP contribution >= 0.6 is 0 Å². The number of nitrogens with one attached hydrogen (secondary N) is 1. The van der Waals surface area contributed by atoms with Gasteiger partial charge in [0, 0.05) is 11.9 Å². The first kappa shape index (κ1) is 11.9. The van der Waals surface area contributed by atoms with Gasteiger partial charge in [-0.3, -0.25) is 4.99 Å². The zero-order valence-corrected chi connectivity index (χ0v) is 7.44. The van der Waals surface area contributed by atoms with Crippen LogP contribution < -0.4 is 0 Å². The molecule has 0 spiro atoms. The van der Waals surface area contributed by atoms with Crippen LogP contribution in [0.4, 0.5) is 13.2 Å². The molecule has 0 radical (unpaired) electrons. The maximum absolute atomic E-state index is 12.1. The van der Waals surface area contributed by atoms with E-state index in [2.05, 4.69) is 4.99 Å². The number of hydrogen-bond donors (Lipinski definition) is 1. The molecule has 0 heterocycles. The summed E-state index contributed by atoms with van der Waals surface area (Å²) in [4.78, 5) is 3.22. The van der Waals surface area contributed by atoms with E-state index in [4.69, 9.17) is 5.41 Å². The molecule has 0 aromatic heterocycles. The van der Waals surface area contributed by atoms with Gasteiger partial charge < -0.3 is 5.41 Å². The summed E-state index contributed by atoms with van der Waals surface area (Å²) < 4.78 is 36.4. The number of allylic oxidation sites excluding steroid dienone is 2. The SMILES string of the molecule is CCC=N/C(=C\C(C)=N)C(F)(F)F. The second-order valence-electron chi connectivity index (χ2n) is 2.43. The van der Waals surface area contributed by atoms with E-state index in [0.29, 0.717) is 12.5 Å². The predicted octanol–water partition coefficient (Wildman–Crippen LogP) is 2.95. The quantitative estimate of drug-likeness (QED) is 0.667. The molecule has 2 nitrogen and oxygen atoms in total. The van der Waals surface area contributed by atoms with Gasteiger partial charge in [0.2, 0.25) is 0 Å². The van der Waals surface area contributed by atoms with E-state index >= 15 is 0 Å². The van der Waals surface area contributed by atoms with Gasteiger partial charge in [0.05, 0.1) is 0 Å². The van der Waals surface area contributed by atoms with Crippen LogP contribution in [0.3, 0.4) is 0 Å². The van der Waals surface area contributed by atoms with Crippen LogP contribution in [0.15, 0.2) is 16.8 Å². The molecule has 5 heteroatoms. The first-order valence-corrected chi connectivity index (χ1v) is 3.74. The first-order chi connectivity index (χ1) is 5.88. The topological polar surface area (TPSA) is 36.2 Å². The van der Waals surface area contributed by atoms with Crippen LogP contribution in [-0.4, -0.2) is 18.1 Å². The van der Waals surface area contributed by atoms with Crippen molar-refractivity contribution in [3.8, 4) is 0 Å². The Morgan fingerprint density at radius 1 is 1.46 bits per heavy atom. The molecule has 0 bridgehead atoms. The van der Waals surface area contributed by atoms with Crippen molar-refractivity contribution in [3.63, 3.8) is 0 Å². The summed E-state index contributed by atoms with van der Waals surface area (Å²) in [6.07, 6.45) is -2.17. The van der Waals surface area contributed by atoms with Crippen LogP contribution in [-0.2, 0) is 0 Å². The zero-order valence-electron chi connectivity index (χ0n) is 7.44. The zero-order chi connectivity index (χ0) is 10.5. The molecule has 13 heavy (non-hydrogen) atoms. The van der Waals surface area contributed by atoms with E-state index in [1.165, 1.54) is 13.1 Å². The Morgan fingerprint density at radius 3 is 2.31 bits per heavy atom. The highest BCUT2D eigenvalue weighted by atomic mass is 19.4. The largest absolute Gasteiger partial charge is 0.433 e. The van der Waals surface area contributed by atoms with Crippen LogP contribution in [0.2, 0.25) is 0 Å². The van der Waals surface area contributed by atoms with Crippen molar-refractivity contribution in [1.29, 1.82) is 5.41 Å². The number of nitrogens with zero attached hydrogens (tertiary/aromatic N) is 1. The second kappa shape index (κ2) is 4.79. The number of alkyl halides is 3. The Bertz CT molecular complexity index is 238. The fourth-order valence-corrected chi connectivity index (χ4v) is 0.587. The number of hydrogen-bond acceptors (Lipinski definition) is 2. The summed E-state index contributed by atoms with van der Waals surface area (Å²) in [6.45, 7) is 2.96. The number of aliphatic imine (C=N–C) groups is 1. The molecule has 0 amide bonds. The van der Waals surface area contributed by atoms with Crippen molar-refractivity contribution in [3.05, 3.63) is 11.8 Å². The maximum atomic E-state index is 12.1.